The number of hydrogen-bond donors (Lipinski definition) is 1. The van der Waals surface area contributed by atoms with Crippen LogP contribution in [0.15, 0.2) is 60.7 Å². The molecular weight excluding hydrogens is 475 g/mol. The Labute approximate surface area is 204 Å². The summed E-state index contributed by atoms with van der Waals surface area (Å²) in [5.41, 5.74) is 1.52. The predicted molar refractivity (Wildman–Crippen MR) is 126 cm³/mol. The molecule has 176 valence electrons. The van der Waals surface area contributed by atoms with Crippen LogP contribution in [-0.2, 0) is 14.9 Å². The van der Waals surface area contributed by atoms with Crippen LogP contribution in [-0.4, -0.2) is 36.2 Å². The Bertz CT molecular complexity index is 1430. The number of hydrogen-bond acceptors (Lipinski definition) is 4. The second-order valence-corrected chi connectivity index (χ2v) is 9.33. The summed E-state index contributed by atoms with van der Waals surface area (Å²) in [6, 6.07) is 15.8. The van der Waals surface area contributed by atoms with Crippen LogP contribution in [0, 0.1) is 5.82 Å². The molecule has 2 aliphatic heterocycles. The number of rotatable bonds is 4. The van der Waals surface area contributed by atoms with Crippen molar-refractivity contribution < 1.29 is 28.6 Å². The number of carboxylic acid groups (broad SMARTS) is 1. The van der Waals surface area contributed by atoms with E-state index in [1.807, 2.05) is 12.1 Å². The first kappa shape index (κ1) is 21.6. The first-order valence-corrected chi connectivity index (χ1v) is 11.4. The topological polar surface area (TPSA) is 87.2 Å². The summed E-state index contributed by atoms with van der Waals surface area (Å²) in [7, 11) is 0. The zero-order chi connectivity index (χ0) is 24.5. The van der Waals surface area contributed by atoms with Crippen molar-refractivity contribution >= 4 is 46.6 Å². The molecule has 2 heterocycles. The summed E-state index contributed by atoms with van der Waals surface area (Å²) in [6.45, 7) is 0.446. The number of benzene rings is 3. The second kappa shape index (κ2) is 7.55. The molecule has 1 N–H and O–H groups in total. The molecule has 0 unspecified atom stereocenters. The number of fused-ring (bicyclic) bond motifs is 2. The average molecular weight is 493 g/mol. The molecule has 2 atom stereocenters. The Morgan fingerprint density at radius 1 is 1.06 bits per heavy atom. The van der Waals surface area contributed by atoms with Crippen molar-refractivity contribution in [1.82, 2.24) is 0 Å². The lowest BCUT2D eigenvalue weighted by Crippen LogP contribution is -2.30. The lowest BCUT2D eigenvalue weighted by Gasteiger charge is -2.22. The average Bonchev–Trinajstić information content (AvgIpc) is 3.37. The Kier molecular flexibility index (Phi) is 4.66. The van der Waals surface area contributed by atoms with Crippen LogP contribution in [0.2, 0.25) is 5.02 Å². The maximum Gasteiger partial charge on any atom is 0.414 e. The zero-order valence-electron chi connectivity index (χ0n) is 18.2. The van der Waals surface area contributed by atoms with Gasteiger partial charge >= 0.3 is 12.1 Å². The number of cyclic esters (lactones) is 1. The normalized spacial score (nSPS) is 22.5. The van der Waals surface area contributed by atoms with Crippen LogP contribution in [0.4, 0.5) is 26.2 Å². The highest BCUT2D eigenvalue weighted by atomic mass is 35.5. The van der Waals surface area contributed by atoms with Gasteiger partial charge in [-0.1, -0.05) is 23.7 Å². The van der Waals surface area contributed by atoms with Crippen molar-refractivity contribution in [2.45, 2.75) is 17.8 Å². The fraction of sp³-hybridized carbons (Fsp3) is 0.192. The van der Waals surface area contributed by atoms with Gasteiger partial charge in [-0.2, -0.15) is 0 Å². The van der Waals surface area contributed by atoms with Gasteiger partial charge in [-0.15, -0.1) is 0 Å². The molecular formula is C26H18ClFN2O5. The molecule has 3 aliphatic rings. The van der Waals surface area contributed by atoms with Gasteiger partial charge in [0.25, 0.3) is 0 Å². The van der Waals surface area contributed by atoms with E-state index in [-0.39, 0.29) is 36.2 Å². The van der Waals surface area contributed by atoms with Gasteiger partial charge in [0.15, 0.2) is 0 Å². The van der Waals surface area contributed by atoms with Crippen molar-refractivity contribution in [1.29, 1.82) is 0 Å². The van der Waals surface area contributed by atoms with E-state index in [1.165, 1.54) is 40.1 Å². The number of nitrogens with zero attached hydrogens (tertiary/aromatic N) is 2. The largest absolute Gasteiger partial charge is 0.478 e. The third-order valence-electron chi connectivity index (χ3n) is 6.98. The summed E-state index contributed by atoms with van der Waals surface area (Å²) >= 11 is 6.03. The molecule has 7 nitrogen and oxygen atoms in total. The molecule has 0 radical (unpaired) electrons. The maximum atomic E-state index is 14.4. The number of anilines is 3. The van der Waals surface area contributed by atoms with Crippen molar-refractivity contribution in [2.24, 2.45) is 0 Å². The monoisotopic (exact) mass is 492 g/mol. The number of halogens is 2. The SMILES string of the molecule is O=C(O)c1cc(N2CCOC2=O)cc(N2C(=O)[C@]3(C[C@@H]3c3ccc(Cl)cc3)c3cc(F)ccc32)c1. The number of carbonyl (C=O) groups excluding carboxylic acids is 2. The van der Waals surface area contributed by atoms with Gasteiger partial charge in [-0.25, -0.2) is 14.0 Å². The highest BCUT2D eigenvalue weighted by molar-refractivity contribution is 6.30. The lowest BCUT2D eigenvalue weighted by molar-refractivity contribution is -0.119. The minimum atomic E-state index is -1.20. The standard InChI is InChI=1S/C26H18ClFN2O5/c27-16-3-1-14(2-4-16)21-13-26(21)20-11-17(28)5-6-22(20)30(24(26)33)19-10-15(23(31)32)9-18(12-19)29-7-8-35-25(29)34/h1-6,9-12,21H,7-8,13H2,(H,31,32)/t21-,26-/m1/s1. The Hall–Kier alpha value is -3.91. The first-order valence-electron chi connectivity index (χ1n) is 11.0. The van der Waals surface area contributed by atoms with Crippen LogP contribution in [0.1, 0.15) is 33.8 Å². The molecule has 0 bridgehead atoms. The van der Waals surface area contributed by atoms with E-state index in [0.29, 0.717) is 28.4 Å². The molecule has 3 aromatic rings. The highest BCUT2D eigenvalue weighted by Crippen LogP contribution is 2.67. The van der Waals surface area contributed by atoms with E-state index in [1.54, 1.807) is 18.2 Å². The predicted octanol–water partition coefficient (Wildman–Crippen LogP) is 5.24. The molecule has 0 aromatic heterocycles. The maximum absolute atomic E-state index is 14.4. The quantitative estimate of drug-likeness (QED) is 0.538. The fourth-order valence-electron chi connectivity index (χ4n) is 5.27. The van der Waals surface area contributed by atoms with E-state index in [2.05, 4.69) is 0 Å². The van der Waals surface area contributed by atoms with Crippen molar-refractivity contribution in [3.63, 3.8) is 0 Å². The van der Waals surface area contributed by atoms with E-state index in [0.717, 1.165) is 5.56 Å². The Balaban J connectivity index is 1.49. The molecule has 6 rings (SSSR count). The van der Waals surface area contributed by atoms with E-state index in [4.69, 9.17) is 16.3 Å². The van der Waals surface area contributed by atoms with Crippen LogP contribution in [0.3, 0.4) is 0 Å². The number of carboxylic acids is 1. The van der Waals surface area contributed by atoms with Gasteiger partial charge in [0, 0.05) is 10.9 Å². The molecule has 2 fully saturated rings. The van der Waals surface area contributed by atoms with Crippen LogP contribution in [0.5, 0.6) is 0 Å². The molecule has 35 heavy (non-hydrogen) atoms. The minimum Gasteiger partial charge on any atom is -0.478 e. The highest BCUT2D eigenvalue weighted by Gasteiger charge is 2.67. The molecule has 9 heteroatoms. The second-order valence-electron chi connectivity index (χ2n) is 8.89. The first-order chi connectivity index (χ1) is 16.8. The minimum absolute atomic E-state index is 0.0836. The number of amides is 2. The van der Waals surface area contributed by atoms with Crippen molar-refractivity contribution in [3.8, 4) is 0 Å². The number of carbonyl (C=O) groups is 3. The van der Waals surface area contributed by atoms with Gasteiger partial charge in [-0.3, -0.25) is 14.6 Å². The van der Waals surface area contributed by atoms with E-state index < -0.39 is 23.3 Å². The summed E-state index contributed by atoms with van der Waals surface area (Å²) in [4.78, 5) is 40.8. The number of ether oxygens (including phenoxy) is 1. The van der Waals surface area contributed by atoms with Crippen LogP contribution < -0.4 is 9.80 Å². The van der Waals surface area contributed by atoms with E-state index in [9.17, 15) is 23.9 Å². The summed E-state index contributed by atoms with van der Waals surface area (Å²) in [6.07, 6.45) is -0.0974. The summed E-state index contributed by atoms with van der Waals surface area (Å²) in [5, 5.41) is 10.3. The molecule has 1 aliphatic carbocycles. The molecule has 3 aromatic carbocycles. The number of aromatic carboxylic acids is 1. The summed E-state index contributed by atoms with van der Waals surface area (Å²) < 4.78 is 19.4. The molecule has 1 saturated heterocycles. The molecule has 2 amide bonds. The van der Waals surface area contributed by atoms with E-state index >= 15 is 0 Å². The third kappa shape index (κ3) is 3.20. The summed E-state index contributed by atoms with van der Waals surface area (Å²) in [5.74, 6) is -2.10. The van der Waals surface area contributed by atoms with Crippen molar-refractivity contribution in [3.05, 3.63) is 88.2 Å². The zero-order valence-corrected chi connectivity index (χ0v) is 19.0. The van der Waals surface area contributed by atoms with Crippen molar-refractivity contribution in [2.75, 3.05) is 23.0 Å². The fourth-order valence-corrected chi connectivity index (χ4v) is 5.39. The Morgan fingerprint density at radius 3 is 2.49 bits per heavy atom. The van der Waals surface area contributed by atoms with Crippen LogP contribution >= 0.6 is 11.6 Å². The smallest absolute Gasteiger partial charge is 0.414 e. The van der Waals surface area contributed by atoms with Gasteiger partial charge in [0.2, 0.25) is 5.91 Å². The van der Waals surface area contributed by atoms with Gasteiger partial charge in [-0.05, 0) is 66.1 Å². The van der Waals surface area contributed by atoms with Crippen LogP contribution in [0.25, 0.3) is 0 Å². The van der Waals surface area contributed by atoms with Gasteiger partial charge in [0.1, 0.15) is 12.4 Å². The van der Waals surface area contributed by atoms with Gasteiger partial charge in [0.05, 0.1) is 34.6 Å². The molecule has 1 saturated carbocycles. The molecule has 1 spiro atoms. The lowest BCUT2D eigenvalue weighted by atomic mass is 9.92. The van der Waals surface area contributed by atoms with Gasteiger partial charge < -0.3 is 9.84 Å². The Morgan fingerprint density at radius 2 is 1.80 bits per heavy atom. The third-order valence-corrected chi connectivity index (χ3v) is 7.23.